The molecule has 0 fully saturated rings. The van der Waals surface area contributed by atoms with Crippen LogP contribution in [-0.2, 0) is 7.05 Å². The summed E-state index contributed by atoms with van der Waals surface area (Å²) in [4.78, 5) is 0. The quantitative estimate of drug-likeness (QED) is 0.593. The van der Waals surface area contributed by atoms with Gasteiger partial charge in [0.25, 0.3) is 0 Å². The fraction of sp³-hybridized carbons (Fsp3) is 0.385. The predicted octanol–water partition coefficient (Wildman–Crippen LogP) is 3.82. The zero-order chi connectivity index (χ0) is 10.7. The largest absolute Gasteiger partial charge is 0.351 e. The van der Waals surface area contributed by atoms with Gasteiger partial charge < -0.3 is 4.57 Å². The van der Waals surface area contributed by atoms with Crippen molar-refractivity contribution in [1.29, 1.82) is 0 Å². The molecule has 0 amide bonds. The monoisotopic (exact) mass is 189 g/mol. The Morgan fingerprint density at radius 2 is 1.57 bits per heavy atom. The zero-order valence-electron chi connectivity index (χ0n) is 9.76. The van der Waals surface area contributed by atoms with Crippen molar-refractivity contribution in [2.75, 3.05) is 0 Å². The molecule has 76 valence electrons. The molecule has 0 bridgehead atoms. The third-order valence-electron chi connectivity index (χ3n) is 2.50. The molecule has 0 aliphatic heterocycles. The lowest BCUT2D eigenvalue weighted by Crippen LogP contribution is -1.86. The highest BCUT2D eigenvalue weighted by Gasteiger charge is 1.99. The number of hydrogen-bond acceptors (Lipinski definition) is 0. The Balaban J connectivity index is 0.000000461. The maximum Gasteiger partial charge on any atom is 0.0480 e. The SMILES string of the molecule is CC.Cc1cc2ccn(C)c2cc1C. The molecule has 1 heteroatoms. The summed E-state index contributed by atoms with van der Waals surface area (Å²) in [5.41, 5.74) is 4.05. The second-order valence-electron chi connectivity index (χ2n) is 3.42. The Morgan fingerprint density at radius 1 is 1.00 bits per heavy atom. The smallest absolute Gasteiger partial charge is 0.0480 e. The number of nitrogens with zero attached hydrogens (tertiary/aromatic N) is 1. The van der Waals surface area contributed by atoms with E-state index < -0.39 is 0 Å². The standard InChI is InChI=1S/C11H13N.C2H6/c1-8-6-10-4-5-12(3)11(10)7-9(8)2;1-2/h4-7H,1-3H3;1-2H3. The van der Waals surface area contributed by atoms with E-state index >= 15 is 0 Å². The summed E-state index contributed by atoms with van der Waals surface area (Å²) in [7, 11) is 2.08. The first-order valence-electron chi connectivity index (χ1n) is 5.21. The molecular weight excluding hydrogens is 170 g/mol. The van der Waals surface area contributed by atoms with Crippen LogP contribution in [0, 0.1) is 13.8 Å². The molecule has 0 saturated carbocycles. The van der Waals surface area contributed by atoms with Gasteiger partial charge in [-0.15, -0.1) is 0 Å². The topological polar surface area (TPSA) is 4.93 Å². The lowest BCUT2D eigenvalue weighted by Gasteiger charge is -2.01. The summed E-state index contributed by atoms with van der Waals surface area (Å²) in [5.74, 6) is 0. The summed E-state index contributed by atoms with van der Waals surface area (Å²) in [6.07, 6.45) is 2.10. The van der Waals surface area contributed by atoms with Crippen molar-refractivity contribution in [3.63, 3.8) is 0 Å². The third-order valence-corrected chi connectivity index (χ3v) is 2.50. The van der Waals surface area contributed by atoms with Crippen molar-refractivity contribution >= 4 is 10.9 Å². The van der Waals surface area contributed by atoms with Crippen LogP contribution in [0.1, 0.15) is 25.0 Å². The molecule has 0 radical (unpaired) electrons. The third kappa shape index (κ3) is 1.82. The van der Waals surface area contributed by atoms with Crippen molar-refractivity contribution in [3.05, 3.63) is 35.5 Å². The maximum atomic E-state index is 2.24. The Bertz CT molecular complexity index is 424. The van der Waals surface area contributed by atoms with Crippen LogP contribution in [0.3, 0.4) is 0 Å². The van der Waals surface area contributed by atoms with Crippen LogP contribution in [-0.4, -0.2) is 4.57 Å². The van der Waals surface area contributed by atoms with Gasteiger partial charge in [0.1, 0.15) is 0 Å². The van der Waals surface area contributed by atoms with Gasteiger partial charge in [-0.25, -0.2) is 0 Å². The van der Waals surface area contributed by atoms with Crippen molar-refractivity contribution in [3.8, 4) is 0 Å². The second-order valence-corrected chi connectivity index (χ2v) is 3.42. The minimum atomic E-state index is 1.32. The molecule has 1 heterocycles. The Hall–Kier alpha value is -1.24. The van der Waals surface area contributed by atoms with Crippen LogP contribution >= 0.6 is 0 Å². The first kappa shape index (κ1) is 10.8. The Morgan fingerprint density at radius 3 is 2.21 bits per heavy atom. The van der Waals surface area contributed by atoms with Crippen molar-refractivity contribution in [1.82, 2.24) is 4.57 Å². The van der Waals surface area contributed by atoms with E-state index in [1.54, 1.807) is 0 Å². The van der Waals surface area contributed by atoms with Gasteiger partial charge in [0, 0.05) is 18.8 Å². The number of hydrogen-bond donors (Lipinski definition) is 0. The molecule has 0 aliphatic rings. The number of rotatable bonds is 0. The molecule has 0 saturated heterocycles. The molecule has 0 atom stereocenters. The zero-order valence-corrected chi connectivity index (χ0v) is 9.76. The van der Waals surface area contributed by atoms with Gasteiger partial charge in [0.2, 0.25) is 0 Å². The first-order chi connectivity index (χ1) is 6.68. The van der Waals surface area contributed by atoms with Gasteiger partial charge in [-0.1, -0.05) is 13.8 Å². The average molecular weight is 189 g/mol. The highest BCUT2D eigenvalue weighted by molar-refractivity contribution is 5.81. The van der Waals surface area contributed by atoms with E-state index in [0.717, 1.165) is 0 Å². The lowest BCUT2D eigenvalue weighted by atomic mass is 10.1. The average Bonchev–Trinajstić information content (AvgIpc) is 2.53. The number of benzene rings is 1. The van der Waals surface area contributed by atoms with Gasteiger partial charge in [-0.3, -0.25) is 0 Å². The predicted molar refractivity (Wildman–Crippen MR) is 63.7 cm³/mol. The van der Waals surface area contributed by atoms with Crippen molar-refractivity contribution in [2.24, 2.45) is 7.05 Å². The number of aromatic nitrogens is 1. The van der Waals surface area contributed by atoms with Crippen LogP contribution < -0.4 is 0 Å². The van der Waals surface area contributed by atoms with Crippen LogP contribution in [0.2, 0.25) is 0 Å². The molecule has 0 aliphatic carbocycles. The number of fused-ring (bicyclic) bond motifs is 1. The molecule has 0 spiro atoms. The second kappa shape index (κ2) is 4.32. The highest BCUT2D eigenvalue weighted by atomic mass is 14.9. The van der Waals surface area contributed by atoms with E-state index in [-0.39, 0.29) is 0 Å². The van der Waals surface area contributed by atoms with Crippen LogP contribution in [0.4, 0.5) is 0 Å². The van der Waals surface area contributed by atoms with E-state index in [1.165, 1.54) is 22.0 Å². The van der Waals surface area contributed by atoms with Crippen molar-refractivity contribution in [2.45, 2.75) is 27.7 Å². The van der Waals surface area contributed by atoms with E-state index in [0.29, 0.717) is 0 Å². The van der Waals surface area contributed by atoms with Crippen molar-refractivity contribution < 1.29 is 0 Å². The van der Waals surface area contributed by atoms with Gasteiger partial charge in [-0.05, 0) is 48.6 Å². The van der Waals surface area contributed by atoms with E-state index in [9.17, 15) is 0 Å². The Labute approximate surface area is 86.4 Å². The highest BCUT2D eigenvalue weighted by Crippen LogP contribution is 2.19. The van der Waals surface area contributed by atoms with E-state index in [1.807, 2.05) is 13.8 Å². The summed E-state index contributed by atoms with van der Waals surface area (Å²) < 4.78 is 2.15. The molecule has 0 N–H and O–H groups in total. The summed E-state index contributed by atoms with van der Waals surface area (Å²) in [5, 5.41) is 1.33. The maximum absolute atomic E-state index is 2.24. The molecule has 2 aromatic rings. The molecule has 0 unspecified atom stereocenters. The summed E-state index contributed by atoms with van der Waals surface area (Å²) >= 11 is 0. The van der Waals surface area contributed by atoms with Gasteiger partial charge >= 0.3 is 0 Å². The summed E-state index contributed by atoms with van der Waals surface area (Å²) in [6.45, 7) is 8.31. The lowest BCUT2D eigenvalue weighted by molar-refractivity contribution is 0.968. The minimum Gasteiger partial charge on any atom is -0.351 e. The fourth-order valence-corrected chi connectivity index (χ4v) is 1.53. The van der Waals surface area contributed by atoms with E-state index in [4.69, 9.17) is 0 Å². The van der Waals surface area contributed by atoms with Crippen LogP contribution in [0.15, 0.2) is 24.4 Å². The molecule has 1 nitrogen and oxygen atoms in total. The van der Waals surface area contributed by atoms with Crippen LogP contribution in [0.25, 0.3) is 10.9 Å². The first-order valence-corrected chi connectivity index (χ1v) is 5.21. The Kier molecular flexibility index (Phi) is 3.34. The minimum absolute atomic E-state index is 1.32. The molecule has 1 aromatic carbocycles. The summed E-state index contributed by atoms with van der Waals surface area (Å²) in [6, 6.07) is 6.64. The molecule has 2 rings (SSSR count). The van der Waals surface area contributed by atoms with Gasteiger partial charge in [0.15, 0.2) is 0 Å². The van der Waals surface area contributed by atoms with E-state index in [2.05, 4.69) is 49.9 Å². The molecular formula is C13H19N. The molecule has 14 heavy (non-hydrogen) atoms. The normalized spacial score (nSPS) is 9.79. The molecule has 1 aromatic heterocycles. The van der Waals surface area contributed by atoms with Gasteiger partial charge in [-0.2, -0.15) is 0 Å². The number of aryl methyl sites for hydroxylation is 3. The van der Waals surface area contributed by atoms with Crippen LogP contribution in [0.5, 0.6) is 0 Å². The fourth-order valence-electron chi connectivity index (χ4n) is 1.53. The van der Waals surface area contributed by atoms with Gasteiger partial charge in [0.05, 0.1) is 0 Å².